The van der Waals surface area contributed by atoms with Crippen LogP contribution in [0.3, 0.4) is 0 Å². The van der Waals surface area contributed by atoms with Crippen LogP contribution < -0.4 is 5.32 Å². The Morgan fingerprint density at radius 3 is 2.72 bits per heavy atom. The molecule has 1 aromatic heterocycles. The molecule has 132 valence electrons. The number of amides is 2. The highest BCUT2D eigenvalue weighted by Gasteiger charge is 2.36. The van der Waals surface area contributed by atoms with Crippen molar-refractivity contribution >= 4 is 28.3 Å². The number of hydrogen-bond acceptors (Lipinski definition) is 4. The summed E-state index contributed by atoms with van der Waals surface area (Å²) in [7, 11) is 0. The number of carbonyl (C=O) groups is 2. The second-order valence-corrected chi connectivity index (χ2v) is 7.41. The van der Waals surface area contributed by atoms with E-state index < -0.39 is 6.04 Å². The van der Waals surface area contributed by atoms with Gasteiger partial charge in [0.2, 0.25) is 11.8 Å². The number of anilines is 1. The summed E-state index contributed by atoms with van der Waals surface area (Å²) in [4.78, 5) is 31.7. The third-order valence-corrected chi connectivity index (χ3v) is 5.59. The van der Waals surface area contributed by atoms with Crippen molar-refractivity contribution in [1.29, 1.82) is 0 Å². The Morgan fingerprint density at radius 1 is 1.36 bits per heavy atom. The third kappa shape index (κ3) is 3.74. The SMILES string of the molecule is CC[C@H](C)C(=O)N1Cc2ccccc2C[C@@H]1C(=O)Nc1nc(C)cs1. The second kappa shape index (κ2) is 7.35. The zero-order chi connectivity index (χ0) is 18.0. The van der Waals surface area contributed by atoms with Gasteiger partial charge in [-0.25, -0.2) is 4.98 Å². The molecule has 1 aromatic carbocycles. The molecule has 0 unspecified atom stereocenters. The standard InChI is InChI=1S/C19H23N3O2S/c1-4-12(2)18(24)22-10-15-8-6-5-7-14(15)9-16(22)17(23)21-19-20-13(3)11-25-19/h5-8,11-12,16H,4,9-10H2,1-3H3,(H,20,21,23)/t12-,16+/m0/s1. The van der Waals surface area contributed by atoms with Crippen molar-refractivity contribution in [2.24, 2.45) is 5.92 Å². The van der Waals surface area contributed by atoms with Crippen LogP contribution in [0, 0.1) is 12.8 Å². The summed E-state index contributed by atoms with van der Waals surface area (Å²) >= 11 is 1.40. The summed E-state index contributed by atoms with van der Waals surface area (Å²) in [5.41, 5.74) is 3.13. The van der Waals surface area contributed by atoms with E-state index in [2.05, 4.69) is 10.3 Å². The van der Waals surface area contributed by atoms with Crippen LogP contribution in [-0.2, 0) is 22.6 Å². The minimum absolute atomic E-state index is 0.0347. The normalized spacial score (nSPS) is 17.7. The summed E-state index contributed by atoms with van der Waals surface area (Å²) in [6.07, 6.45) is 1.30. The van der Waals surface area contributed by atoms with Crippen LogP contribution in [0.15, 0.2) is 29.6 Å². The lowest BCUT2D eigenvalue weighted by atomic mass is 9.92. The molecule has 1 aliphatic rings. The highest BCUT2D eigenvalue weighted by Crippen LogP contribution is 2.26. The van der Waals surface area contributed by atoms with Crippen molar-refractivity contribution < 1.29 is 9.59 Å². The van der Waals surface area contributed by atoms with Crippen molar-refractivity contribution in [1.82, 2.24) is 9.88 Å². The van der Waals surface area contributed by atoms with Gasteiger partial charge in [0.1, 0.15) is 6.04 Å². The van der Waals surface area contributed by atoms with Crippen LogP contribution in [-0.4, -0.2) is 27.7 Å². The second-order valence-electron chi connectivity index (χ2n) is 6.55. The molecule has 0 radical (unpaired) electrons. The minimum Gasteiger partial charge on any atom is -0.326 e. The Morgan fingerprint density at radius 2 is 2.08 bits per heavy atom. The molecule has 2 heterocycles. The van der Waals surface area contributed by atoms with E-state index >= 15 is 0 Å². The monoisotopic (exact) mass is 357 g/mol. The Hall–Kier alpha value is -2.21. The molecular formula is C19H23N3O2S. The van der Waals surface area contributed by atoms with Gasteiger partial charge in [0.05, 0.1) is 5.69 Å². The van der Waals surface area contributed by atoms with Gasteiger partial charge in [-0.2, -0.15) is 0 Å². The lowest BCUT2D eigenvalue weighted by Crippen LogP contribution is -2.52. The van der Waals surface area contributed by atoms with E-state index in [1.54, 1.807) is 4.90 Å². The van der Waals surface area contributed by atoms with Gasteiger partial charge in [-0.05, 0) is 24.5 Å². The average molecular weight is 357 g/mol. The zero-order valence-corrected chi connectivity index (χ0v) is 15.6. The van der Waals surface area contributed by atoms with E-state index in [1.807, 2.05) is 50.4 Å². The molecule has 0 aliphatic carbocycles. The quantitative estimate of drug-likeness (QED) is 0.912. The lowest BCUT2D eigenvalue weighted by molar-refractivity contribution is -0.143. The topological polar surface area (TPSA) is 62.3 Å². The predicted molar refractivity (Wildman–Crippen MR) is 99.4 cm³/mol. The third-order valence-electron chi connectivity index (χ3n) is 4.72. The Labute approximate surface area is 152 Å². The van der Waals surface area contributed by atoms with Gasteiger partial charge in [0.25, 0.3) is 0 Å². The fraction of sp³-hybridized carbons (Fsp3) is 0.421. The smallest absolute Gasteiger partial charge is 0.249 e. The van der Waals surface area contributed by atoms with Gasteiger partial charge in [0.15, 0.2) is 5.13 Å². The Balaban J connectivity index is 1.87. The first-order valence-corrected chi connectivity index (χ1v) is 9.47. The number of thiazole rings is 1. The molecule has 0 fully saturated rings. The maximum Gasteiger partial charge on any atom is 0.249 e. The Kier molecular flexibility index (Phi) is 5.18. The molecule has 3 rings (SSSR count). The molecule has 2 amide bonds. The largest absolute Gasteiger partial charge is 0.326 e. The van der Waals surface area contributed by atoms with Crippen LogP contribution in [0.2, 0.25) is 0 Å². The van der Waals surface area contributed by atoms with Crippen molar-refractivity contribution in [3.63, 3.8) is 0 Å². The summed E-state index contributed by atoms with van der Waals surface area (Å²) < 4.78 is 0. The molecule has 0 saturated carbocycles. The van der Waals surface area contributed by atoms with E-state index in [0.29, 0.717) is 18.1 Å². The zero-order valence-electron chi connectivity index (χ0n) is 14.8. The highest BCUT2D eigenvalue weighted by atomic mass is 32.1. The number of benzene rings is 1. The molecule has 0 bridgehead atoms. The van der Waals surface area contributed by atoms with Crippen molar-refractivity contribution in [2.45, 2.75) is 46.2 Å². The molecule has 2 aromatic rings. The highest BCUT2D eigenvalue weighted by molar-refractivity contribution is 7.13. The van der Waals surface area contributed by atoms with Gasteiger partial charge in [0, 0.05) is 24.3 Å². The van der Waals surface area contributed by atoms with Crippen LogP contribution in [0.25, 0.3) is 0 Å². The lowest BCUT2D eigenvalue weighted by Gasteiger charge is -2.37. The maximum atomic E-state index is 12.9. The van der Waals surface area contributed by atoms with E-state index in [9.17, 15) is 9.59 Å². The number of nitrogens with one attached hydrogen (secondary N) is 1. The van der Waals surface area contributed by atoms with Crippen molar-refractivity contribution in [2.75, 3.05) is 5.32 Å². The molecule has 0 saturated heterocycles. The minimum atomic E-state index is -0.499. The molecule has 1 aliphatic heterocycles. The summed E-state index contributed by atoms with van der Waals surface area (Å²) in [5, 5.41) is 5.36. The van der Waals surface area contributed by atoms with Gasteiger partial charge in [-0.3, -0.25) is 9.59 Å². The Bertz CT molecular complexity index is 786. The van der Waals surface area contributed by atoms with E-state index in [0.717, 1.165) is 23.2 Å². The predicted octanol–water partition coefficient (Wildman–Crippen LogP) is 3.39. The van der Waals surface area contributed by atoms with Gasteiger partial charge < -0.3 is 10.2 Å². The number of rotatable bonds is 4. The molecular weight excluding hydrogens is 334 g/mol. The summed E-state index contributed by atoms with van der Waals surface area (Å²) in [6, 6.07) is 7.52. The molecule has 25 heavy (non-hydrogen) atoms. The molecule has 6 heteroatoms. The van der Waals surface area contributed by atoms with E-state index in [1.165, 1.54) is 11.3 Å². The number of nitrogens with zero attached hydrogens (tertiary/aromatic N) is 2. The fourth-order valence-electron chi connectivity index (χ4n) is 3.05. The molecule has 2 atom stereocenters. The molecule has 0 spiro atoms. The summed E-state index contributed by atoms with van der Waals surface area (Å²) in [6.45, 7) is 6.28. The van der Waals surface area contributed by atoms with Crippen molar-refractivity contribution in [3.05, 3.63) is 46.5 Å². The van der Waals surface area contributed by atoms with Crippen LogP contribution in [0.5, 0.6) is 0 Å². The number of hydrogen-bond donors (Lipinski definition) is 1. The van der Waals surface area contributed by atoms with Crippen LogP contribution in [0.1, 0.15) is 37.1 Å². The van der Waals surface area contributed by atoms with Gasteiger partial charge in [-0.15, -0.1) is 11.3 Å². The van der Waals surface area contributed by atoms with Crippen molar-refractivity contribution in [3.8, 4) is 0 Å². The van der Waals surface area contributed by atoms with Gasteiger partial charge in [-0.1, -0.05) is 38.1 Å². The first-order chi connectivity index (χ1) is 12.0. The van der Waals surface area contributed by atoms with E-state index in [-0.39, 0.29) is 17.7 Å². The molecule has 1 N–H and O–H groups in total. The average Bonchev–Trinajstić information content (AvgIpc) is 3.03. The van der Waals surface area contributed by atoms with Crippen LogP contribution in [0.4, 0.5) is 5.13 Å². The van der Waals surface area contributed by atoms with Crippen LogP contribution >= 0.6 is 11.3 Å². The van der Waals surface area contributed by atoms with E-state index in [4.69, 9.17) is 0 Å². The number of aryl methyl sites for hydroxylation is 1. The number of fused-ring (bicyclic) bond motifs is 1. The maximum absolute atomic E-state index is 12.9. The molecule has 5 nitrogen and oxygen atoms in total. The first-order valence-electron chi connectivity index (χ1n) is 8.59. The number of aromatic nitrogens is 1. The summed E-state index contributed by atoms with van der Waals surface area (Å²) in [5.74, 6) is -0.226. The first kappa shape index (κ1) is 17.6. The van der Waals surface area contributed by atoms with Gasteiger partial charge >= 0.3 is 0 Å². The fourth-order valence-corrected chi connectivity index (χ4v) is 3.74. The number of carbonyl (C=O) groups excluding carboxylic acids is 2.